The zero-order valence-electron chi connectivity index (χ0n) is 17.8. The molecule has 0 aromatic heterocycles. The maximum Gasteiger partial charge on any atom is 0.262 e. The molecule has 0 unspecified atom stereocenters. The van der Waals surface area contributed by atoms with E-state index in [-0.39, 0.29) is 18.4 Å². The molecular formula is C23H30N3O5+. The molecule has 0 aliphatic carbocycles. The first kappa shape index (κ1) is 22.6. The van der Waals surface area contributed by atoms with Crippen molar-refractivity contribution in [2.45, 2.75) is 6.42 Å². The number of quaternary nitrogens is 1. The number of para-hydroxylation sites is 1. The van der Waals surface area contributed by atoms with Gasteiger partial charge in [-0.1, -0.05) is 12.1 Å². The number of nitrogens with one attached hydrogen (secondary N) is 3. The highest BCUT2D eigenvalue weighted by atomic mass is 16.5. The molecule has 1 aliphatic rings. The summed E-state index contributed by atoms with van der Waals surface area (Å²) in [6, 6.07) is 13.9. The van der Waals surface area contributed by atoms with Crippen LogP contribution in [-0.4, -0.2) is 64.9 Å². The highest BCUT2D eigenvalue weighted by Gasteiger charge is 2.15. The molecule has 0 atom stereocenters. The third-order valence-corrected chi connectivity index (χ3v) is 5.07. The van der Waals surface area contributed by atoms with Gasteiger partial charge in [0.2, 0.25) is 0 Å². The van der Waals surface area contributed by atoms with Gasteiger partial charge in [0.05, 0.1) is 38.1 Å². The number of benzene rings is 2. The lowest BCUT2D eigenvalue weighted by Crippen LogP contribution is -3.14. The maximum atomic E-state index is 12.6. The van der Waals surface area contributed by atoms with Gasteiger partial charge in [-0.25, -0.2) is 0 Å². The topological polar surface area (TPSA) is 90.3 Å². The van der Waals surface area contributed by atoms with Crippen molar-refractivity contribution in [3.63, 3.8) is 0 Å². The van der Waals surface area contributed by atoms with E-state index in [1.807, 2.05) is 0 Å². The van der Waals surface area contributed by atoms with Gasteiger partial charge < -0.3 is 29.7 Å². The van der Waals surface area contributed by atoms with E-state index in [2.05, 4.69) is 10.6 Å². The number of methoxy groups -OCH3 is 1. The molecule has 8 heteroatoms. The highest BCUT2D eigenvalue weighted by Crippen LogP contribution is 2.18. The fourth-order valence-electron chi connectivity index (χ4n) is 3.34. The maximum absolute atomic E-state index is 12.6. The molecule has 1 aliphatic heterocycles. The van der Waals surface area contributed by atoms with Gasteiger partial charge >= 0.3 is 0 Å². The largest absolute Gasteiger partial charge is 0.497 e. The van der Waals surface area contributed by atoms with Gasteiger partial charge in [0.1, 0.15) is 24.6 Å². The number of anilines is 1. The van der Waals surface area contributed by atoms with Gasteiger partial charge in [-0.3, -0.25) is 9.59 Å². The van der Waals surface area contributed by atoms with Gasteiger partial charge in [0.15, 0.2) is 6.61 Å². The second-order valence-corrected chi connectivity index (χ2v) is 7.28. The van der Waals surface area contributed by atoms with Crippen molar-refractivity contribution in [2.24, 2.45) is 0 Å². The van der Waals surface area contributed by atoms with Gasteiger partial charge in [0, 0.05) is 13.0 Å². The Bertz CT molecular complexity index is 851. The minimum absolute atomic E-state index is 0.162. The summed E-state index contributed by atoms with van der Waals surface area (Å²) in [5, 5.41) is 5.70. The molecule has 1 heterocycles. The minimum Gasteiger partial charge on any atom is -0.497 e. The Morgan fingerprint density at radius 2 is 1.74 bits per heavy atom. The first-order valence-corrected chi connectivity index (χ1v) is 10.5. The molecule has 2 aromatic carbocycles. The summed E-state index contributed by atoms with van der Waals surface area (Å²) in [6.45, 7) is 5.07. The number of ether oxygens (including phenoxy) is 3. The monoisotopic (exact) mass is 428 g/mol. The molecule has 3 rings (SSSR count). The summed E-state index contributed by atoms with van der Waals surface area (Å²) in [5.41, 5.74) is 0.890. The molecule has 1 fully saturated rings. The van der Waals surface area contributed by atoms with Crippen molar-refractivity contribution in [1.29, 1.82) is 0 Å². The molecule has 8 nitrogen and oxygen atoms in total. The van der Waals surface area contributed by atoms with Crippen LogP contribution in [0.15, 0.2) is 48.5 Å². The standard InChI is InChI=1S/C23H29N3O5/c1-29-18-7-9-19(10-8-18)31-17-22(27)25-21-6-3-2-5-20(21)23(28)24-11-4-12-26-13-15-30-16-14-26/h2-3,5-10H,4,11-17H2,1H3,(H,24,28)(H,25,27)/p+1. The van der Waals surface area contributed by atoms with Crippen molar-refractivity contribution in [1.82, 2.24) is 5.32 Å². The van der Waals surface area contributed by atoms with Crippen LogP contribution in [0.5, 0.6) is 11.5 Å². The van der Waals surface area contributed by atoms with E-state index in [1.54, 1.807) is 55.6 Å². The van der Waals surface area contributed by atoms with Crippen LogP contribution in [0.2, 0.25) is 0 Å². The molecule has 0 radical (unpaired) electrons. The van der Waals surface area contributed by atoms with Crippen LogP contribution < -0.4 is 25.0 Å². The summed E-state index contributed by atoms with van der Waals surface area (Å²) < 4.78 is 16.0. The van der Waals surface area contributed by atoms with E-state index < -0.39 is 0 Å². The van der Waals surface area contributed by atoms with Crippen molar-refractivity contribution in [2.75, 3.05) is 58.4 Å². The molecule has 166 valence electrons. The number of morpholine rings is 1. The second kappa shape index (κ2) is 11.9. The van der Waals surface area contributed by atoms with Crippen LogP contribution in [-0.2, 0) is 9.53 Å². The van der Waals surface area contributed by atoms with Crippen LogP contribution in [0.1, 0.15) is 16.8 Å². The number of hydrogen-bond acceptors (Lipinski definition) is 5. The third-order valence-electron chi connectivity index (χ3n) is 5.07. The van der Waals surface area contributed by atoms with Crippen molar-refractivity contribution in [3.8, 4) is 11.5 Å². The van der Waals surface area contributed by atoms with E-state index in [1.165, 1.54) is 4.90 Å². The predicted molar refractivity (Wildman–Crippen MR) is 117 cm³/mol. The normalized spacial score (nSPS) is 14.0. The van der Waals surface area contributed by atoms with E-state index in [0.29, 0.717) is 29.3 Å². The van der Waals surface area contributed by atoms with E-state index in [9.17, 15) is 9.59 Å². The van der Waals surface area contributed by atoms with E-state index >= 15 is 0 Å². The Morgan fingerprint density at radius 3 is 2.48 bits per heavy atom. The Kier molecular flexibility index (Phi) is 8.69. The molecule has 3 N–H and O–H groups in total. The Morgan fingerprint density at radius 1 is 1.03 bits per heavy atom. The average molecular weight is 429 g/mol. The van der Waals surface area contributed by atoms with Gasteiger partial charge in [0.25, 0.3) is 11.8 Å². The average Bonchev–Trinajstić information content (AvgIpc) is 2.82. The Hall–Kier alpha value is -3.10. The van der Waals surface area contributed by atoms with Crippen molar-refractivity contribution >= 4 is 17.5 Å². The van der Waals surface area contributed by atoms with E-state index in [0.717, 1.165) is 39.3 Å². The fourth-order valence-corrected chi connectivity index (χ4v) is 3.34. The molecule has 1 saturated heterocycles. The molecule has 2 aromatic rings. The molecule has 0 spiro atoms. The third kappa shape index (κ3) is 7.27. The zero-order chi connectivity index (χ0) is 21.9. The predicted octanol–water partition coefficient (Wildman–Crippen LogP) is 0.748. The number of carbonyl (C=O) groups excluding carboxylic acids is 2. The first-order valence-electron chi connectivity index (χ1n) is 10.5. The van der Waals surface area contributed by atoms with Gasteiger partial charge in [-0.15, -0.1) is 0 Å². The lowest BCUT2D eigenvalue weighted by Gasteiger charge is -2.23. The summed E-state index contributed by atoms with van der Waals surface area (Å²) in [7, 11) is 1.59. The molecular weight excluding hydrogens is 398 g/mol. The molecule has 2 amide bonds. The SMILES string of the molecule is COc1ccc(OCC(=O)Nc2ccccc2C(=O)NCCC[NH+]2CCOCC2)cc1. The van der Waals surface area contributed by atoms with Crippen LogP contribution in [0.4, 0.5) is 5.69 Å². The van der Waals surface area contributed by atoms with Crippen LogP contribution >= 0.6 is 0 Å². The minimum atomic E-state index is -0.341. The number of hydrogen-bond donors (Lipinski definition) is 3. The summed E-state index contributed by atoms with van der Waals surface area (Å²) in [4.78, 5) is 26.4. The van der Waals surface area contributed by atoms with Crippen molar-refractivity contribution < 1.29 is 28.7 Å². The smallest absolute Gasteiger partial charge is 0.262 e. The zero-order valence-corrected chi connectivity index (χ0v) is 17.8. The van der Waals surface area contributed by atoms with Gasteiger partial charge in [-0.2, -0.15) is 0 Å². The number of amides is 2. The Labute approximate surface area is 182 Å². The lowest BCUT2D eigenvalue weighted by atomic mass is 10.1. The molecule has 0 saturated carbocycles. The summed E-state index contributed by atoms with van der Waals surface area (Å²) >= 11 is 0. The quantitative estimate of drug-likeness (QED) is 0.486. The van der Waals surface area contributed by atoms with Gasteiger partial charge in [-0.05, 0) is 36.4 Å². The molecule has 0 bridgehead atoms. The van der Waals surface area contributed by atoms with Crippen LogP contribution in [0.3, 0.4) is 0 Å². The van der Waals surface area contributed by atoms with Crippen molar-refractivity contribution in [3.05, 3.63) is 54.1 Å². The first-order chi connectivity index (χ1) is 15.2. The van der Waals surface area contributed by atoms with Crippen LogP contribution in [0, 0.1) is 0 Å². The summed E-state index contributed by atoms with van der Waals surface area (Å²) in [5.74, 6) is 0.725. The number of rotatable bonds is 10. The molecule has 31 heavy (non-hydrogen) atoms. The van der Waals surface area contributed by atoms with E-state index in [4.69, 9.17) is 14.2 Å². The fraction of sp³-hybridized carbons (Fsp3) is 0.391. The lowest BCUT2D eigenvalue weighted by molar-refractivity contribution is -0.908. The second-order valence-electron chi connectivity index (χ2n) is 7.28. The Balaban J connectivity index is 1.45. The van der Waals surface area contributed by atoms with Crippen LogP contribution in [0.25, 0.3) is 0 Å². The summed E-state index contributed by atoms with van der Waals surface area (Å²) in [6.07, 6.45) is 0.894. The highest BCUT2D eigenvalue weighted by molar-refractivity contribution is 6.04. The number of carbonyl (C=O) groups is 2.